The summed E-state index contributed by atoms with van der Waals surface area (Å²) >= 11 is 0. The molecule has 0 aliphatic carbocycles. The van der Waals surface area contributed by atoms with Crippen LogP contribution < -0.4 is 10.1 Å². The number of nitrogens with one attached hydrogen (secondary N) is 1. The molecular formula is C22H16F2N4O4S. The van der Waals surface area contributed by atoms with Crippen LogP contribution in [0.1, 0.15) is 10.4 Å². The van der Waals surface area contributed by atoms with E-state index in [0.29, 0.717) is 23.1 Å². The van der Waals surface area contributed by atoms with Gasteiger partial charge in [0.05, 0.1) is 10.5 Å². The number of benzene rings is 2. The first kappa shape index (κ1) is 22.1. The van der Waals surface area contributed by atoms with Crippen LogP contribution in [0.3, 0.4) is 0 Å². The lowest BCUT2D eigenvalue weighted by Gasteiger charge is -2.11. The third-order valence-electron chi connectivity index (χ3n) is 4.50. The Labute approximate surface area is 187 Å². The van der Waals surface area contributed by atoms with Crippen molar-refractivity contribution in [3.63, 3.8) is 0 Å². The third-order valence-corrected chi connectivity index (χ3v) is 5.94. The van der Waals surface area contributed by atoms with E-state index < -0.39 is 26.4 Å². The maximum absolute atomic E-state index is 13.0. The summed E-state index contributed by atoms with van der Waals surface area (Å²) in [5, 5.41) is 2.50. The zero-order chi connectivity index (χ0) is 23.4. The predicted molar refractivity (Wildman–Crippen MR) is 115 cm³/mol. The van der Waals surface area contributed by atoms with Crippen molar-refractivity contribution < 1.29 is 26.7 Å². The molecule has 4 aromatic rings. The fourth-order valence-electron chi connectivity index (χ4n) is 2.94. The van der Waals surface area contributed by atoms with Crippen molar-refractivity contribution in [3.05, 3.63) is 91.0 Å². The molecule has 11 heteroatoms. The van der Waals surface area contributed by atoms with Crippen LogP contribution in [0.5, 0.6) is 11.6 Å². The molecule has 2 aromatic carbocycles. The largest absolute Gasteiger partial charge is 0.439 e. The van der Waals surface area contributed by atoms with Gasteiger partial charge in [-0.3, -0.25) is 4.79 Å². The summed E-state index contributed by atoms with van der Waals surface area (Å²) in [6.07, 6.45) is 5.02. The molecule has 0 unspecified atom stereocenters. The number of hydrogen-bond acceptors (Lipinski definition) is 6. The van der Waals surface area contributed by atoms with Gasteiger partial charge in [0.25, 0.3) is 5.91 Å². The second-order valence-electron chi connectivity index (χ2n) is 6.69. The highest BCUT2D eigenvalue weighted by Gasteiger charge is 2.30. The fourth-order valence-corrected chi connectivity index (χ4v) is 3.87. The van der Waals surface area contributed by atoms with E-state index in [2.05, 4.69) is 15.3 Å². The lowest BCUT2D eigenvalue weighted by molar-refractivity contribution is 0.102. The Hall–Kier alpha value is -4.12. The van der Waals surface area contributed by atoms with Crippen LogP contribution in [0.15, 0.2) is 90.3 Å². The van der Waals surface area contributed by atoms with Crippen molar-refractivity contribution >= 4 is 21.4 Å². The molecule has 0 saturated heterocycles. The van der Waals surface area contributed by atoms with Crippen LogP contribution in [0.2, 0.25) is 0 Å². The quantitative estimate of drug-likeness (QED) is 0.432. The lowest BCUT2D eigenvalue weighted by Crippen LogP contribution is -2.19. The maximum Gasteiger partial charge on any atom is 0.341 e. The Morgan fingerprint density at radius 3 is 2.36 bits per heavy atom. The van der Waals surface area contributed by atoms with Crippen LogP contribution in [-0.4, -0.2) is 34.6 Å². The SMILES string of the molecule is O=C(Nc1ccc(Oc2cc(-n3cccc3)ncn2)cc1)c1ccccc1S(=O)(=O)C(F)F. The molecule has 0 atom stereocenters. The minimum atomic E-state index is -4.93. The number of hydrogen-bond donors (Lipinski definition) is 1. The standard InChI is InChI=1S/C22H16F2N4O4S/c23-22(24)33(30,31)18-6-2-1-5-17(18)21(29)27-15-7-9-16(10-8-15)32-20-13-19(25-14-26-20)28-11-3-4-12-28/h1-14,22H,(H,27,29). The number of amides is 1. The second kappa shape index (κ2) is 9.17. The zero-order valence-corrected chi connectivity index (χ0v) is 17.6. The Kier molecular flexibility index (Phi) is 6.13. The molecule has 0 radical (unpaired) electrons. The molecule has 0 saturated carbocycles. The van der Waals surface area contributed by atoms with Gasteiger partial charge in [-0.1, -0.05) is 12.1 Å². The first-order valence-corrected chi connectivity index (χ1v) is 11.0. The number of carbonyl (C=O) groups is 1. The molecule has 168 valence electrons. The molecule has 1 amide bonds. The highest BCUT2D eigenvalue weighted by molar-refractivity contribution is 7.91. The number of ether oxygens (including phenoxy) is 1. The van der Waals surface area contributed by atoms with E-state index >= 15 is 0 Å². The maximum atomic E-state index is 13.0. The van der Waals surface area contributed by atoms with Crippen molar-refractivity contribution in [1.29, 1.82) is 0 Å². The molecule has 0 aliphatic rings. The molecule has 33 heavy (non-hydrogen) atoms. The van der Waals surface area contributed by atoms with Gasteiger partial charge in [0, 0.05) is 24.1 Å². The van der Waals surface area contributed by atoms with Crippen LogP contribution >= 0.6 is 0 Å². The van der Waals surface area contributed by atoms with Crippen LogP contribution in [0.4, 0.5) is 14.5 Å². The molecule has 4 rings (SSSR count). The van der Waals surface area contributed by atoms with Crippen molar-refractivity contribution in [2.45, 2.75) is 10.7 Å². The topological polar surface area (TPSA) is 103 Å². The minimum Gasteiger partial charge on any atom is -0.439 e. The predicted octanol–water partition coefficient (Wildman–Crippen LogP) is 4.31. The van der Waals surface area contributed by atoms with E-state index in [0.717, 1.165) is 6.07 Å². The van der Waals surface area contributed by atoms with Crippen LogP contribution in [0, 0.1) is 0 Å². The number of nitrogens with zero attached hydrogens (tertiary/aromatic N) is 3. The molecule has 0 aliphatic heterocycles. The first-order valence-electron chi connectivity index (χ1n) is 9.50. The Morgan fingerprint density at radius 1 is 0.970 bits per heavy atom. The van der Waals surface area contributed by atoms with Gasteiger partial charge in [-0.15, -0.1) is 0 Å². The normalized spacial score (nSPS) is 11.4. The van der Waals surface area contributed by atoms with Gasteiger partial charge in [-0.25, -0.2) is 18.4 Å². The van der Waals surface area contributed by atoms with Gasteiger partial charge >= 0.3 is 5.76 Å². The van der Waals surface area contributed by atoms with Crippen molar-refractivity contribution in [3.8, 4) is 17.4 Å². The number of halogens is 2. The lowest BCUT2D eigenvalue weighted by atomic mass is 10.2. The summed E-state index contributed by atoms with van der Waals surface area (Å²) in [4.78, 5) is 20.1. The summed E-state index contributed by atoms with van der Waals surface area (Å²) in [6, 6.07) is 16.3. The summed E-state index contributed by atoms with van der Waals surface area (Å²) < 4.78 is 57.1. The molecular weight excluding hydrogens is 454 g/mol. The minimum absolute atomic E-state index is 0.302. The molecule has 8 nitrogen and oxygen atoms in total. The fraction of sp³-hybridized carbons (Fsp3) is 0.0455. The van der Waals surface area contributed by atoms with E-state index in [1.165, 1.54) is 36.7 Å². The van der Waals surface area contributed by atoms with E-state index in [1.807, 2.05) is 24.5 Å². The van der Waals surface area contributed by atoms with Crippen molar-refractivity contribution in [1.82, 2.24) is 14.5 Å². The van der Waals surface area contributed by atoms with Crippen molar-refractivity contribution in [2.75, 3.05) is 5.32 Å². The van der Waals surface area contributed by atoms with Crippen molar-refractivity contribution in [2.24, 2.45) is 0 Å². The van der Waals surface area contributed by atoms with Crippen LogP contribution in [0.25, 0.3) is 5.82 Å². The van der Waals surface area contributed by atoms with Gasteiger partial charge < -0.3 is 14.6 Å². The number of rotatable bonds is 7. The molecule has 0 bridgehead atoms. The molecule has 2 heterocycles. The smallest absolute Gasteiger partial charge is 0.341 e. The Balaban J connectivity index is 1.48. The molecule has 2 aromatic heterocycles. The van der Waals surface area contributed by atoms with E-state index in [9.17, 15) is 22.0 Å². The van der Waals surface area contributed by atoms with E-state index in [1.54, 1.807) is 22.8 Å². The molecule has 1 N–H and O–H groups in total. The number of alkyl halides is 2. The number of sulfone groups is 1. The van der Waals surface area contributed by atoms with Gasteiger partial charge in [0.1, 0.15) is 17.9 Å². The van der Waals surface area contributed by atoms with Gasteiger partial charge in [0.15, 0.2) is 0 Å². The number of anilines is 1. The summed E-state index contributed by atoms with van der Waals surface area (Å²) in [6.45, 7) is 0. The summed E-state index contributed by atoms with van der Waals surface area (Å²) in [5.74, 6) is -3.13. The number of aromatic nitrogens is 3. The summed E-state index contributed by atoms with van der Waals surface area (Å²) in [7, 11) is -4.93. The van der Waals surface area contributed by atoms with Gasteiger partial charge in [0.2, 0.25) is 15.7 Å². The molecule has 0 spiro atoms. The Morgan fingerprint density at radius 2 is 1.67 bits per heavy atom. The summed E-state index contributed by atoms with van der Waals surface area (Å²) in [5.41, 5.74) is -0.0658. The second-order valence-corrected chi connectivity index (χ2v) is 8.57. The average Bonchev–Trinajstić information content (AvgIpc) is 3.35. The van der Waals surface area contributed by atoms with E-state index in [4.69, 9.17) is 4.74 Å². The van der Waals surface area contributed by atoms with E-state index in [-0.39, 0.29) is 5.56 Å². The first-order chi connectivity index (χ1) is 15.8. The van der Waals surface area contributed by atoms with Crippen LogP contribution in [-0.2, 0) is 9.84 Å². The highest BCUT2D eigenvalue weighted by Crippen LogP contribution is 2.25. The monoisotopic (exact) mass is 470 g/mol. The van der Waals surface area contributed by atoms with Gasteiger partial charge in [-0.05, 0) is 48.5 Å². The van der Waals surface area contributed by atoms with Gasteiger partial charge in [-0.2, -0.15) is 8.78 Å². The number of carbonyl (C=O) groups excluding carboxylic acids is 1. The Bertz CT molecular complexity index is 1380. The highest BCUT2D eigenvalue weighted by atomic mass is 32.2. The average molecular weight is 470 g/mol. The third kappa shape index (κ3) is 4.88. The molecule has 0 fully saturated rings. The zero-order valence-electron chi connectivity index (χ0n) is 16.8.